The maximum Gasteiger partial charge on any atom is 0.0887 e. The van der Waals surface area contributed by atoms with Crippen LogP contribution in [0.5, 0.6) is 0 Å². The van der Waals surface area contributed by atoms with Crippen LogP contribution in [0, 0.1) is 0 Å². The Morgan fingerprint density at radius 3 is 0.937 bits per heavy atom. The van der Waals surface area contributed by atoms with Crippen LogP contribution in [0.25, 0.3) is 84.8 Å². The van der Waals surface area contributed by atoms with Gasteiger partial charge in [0.1, 0.15) is 0 Å². The van der Waals surface area contributed by atoms with Crippen molar-refractivity contribution >= 4 is 153 Å². The number of thiophene rings is 2. The minimum Gasteiger partial charge on any atom is -0.307 e. The number of benzene rings is 11. The van der Waals surface area contributed by atoms with Gasteiger partial charge in [0.05, 0.1) is 27.8 Å². The van der Waals surface area contributed by atoms with Crippen LogP contribution in [-0.2, 0) is 0 Å². The molecule has 0 saturated carbocycles. The van der Waals surface area contributed by atoms with Gasteiger partial charge in [-0.05, 0) is 113 Å². The van der Waals surface area contributed by atoms with E-state index in [0.29, 0.717) is 5.02 Å². The van der Waals surface area contributed by atoms with Crippen molar-refractivity contribution in [2.24, 2.45) is 0 Å². The summed E-state index contributed by atoms with van der Waals surface area (Å²) in [5.74, 6) is 0. The van der Waals surface area contributed by atoms with E-state index in [4.69, 9.17) is 11.6 Å². The number of nitrogens with zero attached hydrogens (tertiary/aromatic N) is 2. The second kappa shape index (κ2) is 14.4. The van der Waals surface area contributed by atoms with Crippen molar-refractivity contribution in [3.05, 3.63) is 216 Å². The lowest BCUT2D eigenvalue weighted by molar-refractivity contribution is 1.27. The van der Waals surface area contributed by atoms with Gasteiger partial charge in [0.2, 0.25) is 0 Å². The third kappa shape index (κ3) is 5.62. The molecule has 2 heterocycles. The van der Waals surface area contributed by atoms with Gasteiger partial charge in [-0.25, -0.2) is 0 Å². The number of rotatable bonds is 6. The summed E-state index contributed by atoms with van der Waals surface area (Å²) in [6, 6.07) is 72.8. The highest BCUT2D eigenvalue weighted by molar-refractivity contribution is 7.18. The maximum absolute atomic E-state index is 8.04. The topological polar surface area (TPSA) is 6.48 Å². The summed E-state index contributed by atoms with van der Waals surface area (Å²) in [6.45, 7) is 0. The standard InChI is InChI=1S/C58H35ClN2S2/c59-58-52(60(54-34-62-56-26-11-9-22-48(54)56)36-28-30-46-42-18-3-1-14-38(42)40-16-5-7-20-44(40)50(46)32-36)24-13-25-53(58)61(55-35-63-57-27-12-10-23-49(55)57)37-29-31-47-43-19-4-2-15-39(43)41-17-6-8-21-45(41)51(47)33-37/h1-35H. The van der Waals surface area contributed by atoms with E-state index >= 15 is 0 Å². The fourth-order valence-electron chi connectivity index (χ4n) is 10.0. The van der Waals surface area contributed by atoms with E-state index in [1.807, 2.05) is 0 Å². The molecule has 0 amide bonds. The predicted molar refractivity (Wildman–Crippen MR) is 277 cm³/mol. The monoisotopic (exact) mass is 858 g/mol. The summed E-state index contributed by atoms with van der Waals surface area (Å²) in [5.41, 5.74) is 6.09. The Bertz CT molecular complexity index is 3650. The third-order valence-electron chi connectivity index (χ3n) is 12.8. The SMILES string of the molecule is Clc1c(N(c2ccc3c4ccccc4c4ccccc4c3c2)c2csc3ccccc23)cccc1N(c1ccc2c3ccccc3c3ccccc3c2c1)c1csc2ccccc12. The molecule has 0 atom stereocenters. The highest BCUT2D eigenvalue weighted by Crippen LogP contribution is 2.52. The van der Waals surface area contributed by atoms with Crippen molar-refractivity contribution in [1.29, 1.82) is 0 Å². The first kappa shape index (κ1) is 36.4. The third-order valence-corrected chi connectivity index (χ3v) is 15.1. The number of hydrogen-bond donors (Lipinski definition) is 0. The summed E-state index contributed by atoms with van der Waals surface area (Å²) >= 11 is 11.6. The van der Waals surface area contributed by atoms with Crippen molar-refractivity contribution in [1.82, 2.24) is 0 Å². The van der Waals surface area contributed by atoms with E-state index in [9.17, 15) is 0 Å². The van der Waals surface area contributed by atoms with Gasteiger partial charge in [-0.15, -0.1) is 22.7 Å². The number of anilines is 6. The Labute approximate surface area is 376 Å². The Kier molecular flexibility index (Phi) is 8.35. The fourth-order valence-corrected chi connectivity index (χ4v) is 12.2. The predicted octanol–water partition coefficient (Wildman–Crippen LogP) is 18.6. The number of fused-ring (bicyclic) bond motifs is 14. The van der Waals surface area contributed by atoms with Gasteiger partial charge in [0.15, 0.2) is 0 Å². The molecule has 0 saturated heterocycles. The molecule has 5 heteroatoms. The van der Waals surface area contributed by atoms with Crippen LogP contribution >= 0.6 is 34.3 Å². The first-order valence-corrected chi connectivity index (χ1v) is 23.3. The highest BCUT2D eigenvalue weighted by Gasteiger charge is 2.26. The van der Waals surface area contributed by atoms with Crippen molar-refractivity contribution in [3.63, 3.8) is 0 Å². The summed E-state index contributed by atoms with van der Waals surface area (Å²) < 4.78 is 2.45. The molecule has 0 N–H and O–H groups in total. The first-order chi connectivity index (χ1) is 31.2. The van der Waals surface area contributed by atoms with Crippen LogP contribution in [0.3, 0.4) is 0 Å². The highest BCUT2D eigenvalue weighted by atomic mass is 35.5. The van der Waals surface area contributed by atoms with Crippen molar-refractivity contribution in [2.45, 2.75) is 0 Å². The summed E-state index contributed by atoms with van der Waals surface area (Å²) in [6.07, 6.45) is 0. The molecule has 296 valence electrons. The molecular weight excluding hydrogens is 824 g/mol. The molecule has 11 aromatic carbocycles. The zero-order valence-electron chi connectivity index (χ0n) is 33.8. The largest absolute Gasteiger partial charge is 0.307 e. The second-order valence-corrected chi connectivity index (χ2v) is 18.4. The Hall–Kier alpha value is -7.21. The molecule has 13 rings (SSSR count). The first-order valence-electron chi connectivity index (χ1n) is 21.2. The molecule has 0 radical (unpaired) electrons. The lowest BCUT2D eigenvalue weighted by atomic mass is 9.94. The van der Waals surface area contributed by atoms with Gasteiger partial charge in [-0.2, -0.15) is 0 Å². The molecular formula is C58H35ClN2S2. The zero-order valence-corrected chi connectivity index (χ0v) is 36.2. The molecule has 2 nitrogen and oxygen atoms in total. The van der Waals surface area contributed by atoms with E-state index < -0.39 is 0 Å². The molecule has 0 spiro atoms. The van der Waals surface area contributed by atoms with E-state index in [-0.39, 0.29) is 0 Å². The van der Waals surface area contributed by atoms with Crippen LogP contribution in [-0.4, -0.2) is 0 Å². The lowest BCUT2D eigenvalue weighted by Crippen LogP contribution is -2.14. The van der Waals surface area contributed by atoms with Gasteiger partial charge in [0.25, 0.3) is 0 Å². The van der Waals surface area contributed by atoms with Crippen LogP contribution < -0.4 is 9.80 Å². The quantitative estimate of drug-likeness (QED) is 0.154. The minimum atomic E-state index is 0.662. The Morgan fingerprint density at radius 2 is 0.571 bits per heavy atom. The second-order valence-electron chi connectivity index (χ2n) is 16.2. The average molecular weight is 860 g/mol. The molecule has 0 fully saturated rings. The van der Waals surface area contributed by atoms with Crippen LogP contribution in [0.15, 0.2) is 211 Å². The molecule has 0 bridgehead atoms. The summed E-state index contributed by atoms with van der Waals surface area (Å²) in [4.78, 5) is 4.75. The van der Waals surface area contributed by atoms with E-state index in [1.54, 1.807) is 22.7 Å². The Balaban J connectivity index is 1.08. The molecule has 0 unspecified atom stereocenters. The smallest absolute Gasteiger partial charge is 0.0887 e. The van der Waals surface area contributed by atoms with Crippen molar-refractivity contribution in [2.75, 3.05) is 9.80 Å². The average Bonchev–Trinajstić information content (AvgIpc) is 3.98. The molecule has 0 aliphatic rings. The summed E-state index contributed by atoms with van der Waals surface area (Å²) in [7, 11) is 0. The maximum atomic E-state index is 8.04. The fraction of sp³-hybridized carbons (Fsp3) is 0. The van der Waals surface area contributed by atoms with Crippen LogP contribution in [0.4, 0.5) is 34.1 Å². The molecule has 63 heavy (non-hydrogen) atoms. The summed E-state index contributed by atoms with van der Waals surface area (Å²) in [5, 5.41) is 22.5. The molecule has 0 aliphatic heterocycles. The van der Waals surface area contributed by atoms with Crippen LogP contribution in [0.1, 0.15) is 0 Å². The molecule has 13 aromatic rings. The molecule has 2 aromatic heterocycles. The van der Waals surface area contributed by atoms with Crippen molar-refractivity contribution < 1.29 is 0 Å². The van der Waals surface area contributed by atoms with Gasteiger partial charge in [-0.3, -0.25) is 0 Å². The van der Waals surface area contributed by atoms with Crippen molar-refractivity contribution in [3.8, 4) is 0 Å². The van der Waals surface area contributed by atoms with Gasteiger partial charge < -0.3 is 9.80 Å². The lowest BCUT2D eigenvalue weighted by Gasteiger charge is -2.31. The number of hydrogen-bond acceptors (Lipinski definition) is 4. The van der Waals surface area contributed by atoms with E-state index in [1.165, 1.54) is 84.8 Å². The van der Waals surface area contributed by atoms with E-state index in [2.05, 4.69) is 221 Å². The number of halogens is 1. The van der Waals surface area contributed by atoms with E-state index in [0.717, 1.165) is 34.1 Å². The minimum absolute atomic E-state index is 0.662. The van der Waals surface area contributed by atoms with Gasteiger partial charge >= 0.3 is 0 Å². The normalized spacial score (nSPS) is 11.9. The van der Waals surface area contributed by atoms with Crippen LogP contribution in [0.2, 0.25) is 5.02 Å². The van der Waals surface area contributed by atoms with Gasteiger partial charge in [-0.1, -0.05) is 163 Å². The van der Waals surface area contributed by atoms with Gasteiger partial charge in [0, 0.05) is 42.3 Å². The Morgan fingerprint density at radius 1 is 0.270 bits per heavy atom. The zero-order chi connectivity index (χ0) is 41.6. The molecule has 0 aliphatic carbocycles.